The first-order valence-corrected chi connectivity index (χ1v) is 8.53. The monoisotopic (exact) mass is 421 g/mol. The van der Waals surface area contributed by atoms with Gasteiger partial charge in [0.15, 0.2) is 17.5 Å². The molecule has 0 radical (unpaired) electrons. The molecular formula is C27H18FN3. The Labute approximate surface area is 205 Å². The van der Waals surface area contributed by atoms with Crippen LogP contribution in [0.5, 0.6) is 0 Å². The normalized spacial score (nSPS) is 18.9. The smallest absolute Gasteiger partial charge is 0.167 e. The molecule has 0 saturated heterocycles. The summed E-state index contributed by atoms with van der Waals surface area (Å²) < 4.78 is 164. The number of hydrogen-bond acceptors (Lipinski definition) is 3. The molecule has 0 atom stereocenters. The Bertz CT molecular complexity index is 2090. The van der Waals surface area contributed by atoms with Crippen molar-refractivity contribution in [2.24, 2.45) is 0 Å². The van der Waals surface area contributed by atoms with E-state index in [1.807, 2.05) is 0 Å². The summed E-state index contributed by atoms with van der Waals surface area (Å²) in [5.41, 5.74) is -3.70. The van der Waals surface area contributed by atoms with Crippen LogP contribution >= 0.6 is 0 Å². The van der Waals surface area contributed by atoms with Gasteiger partial charge in [-0.1, -0.05) is 96.7 Å². The molecule has 5 aromatic rings. The number of rotatable bonds is 4. The molecule has 31 heavy (non-hydrogen) atoms. The largest absolute Gasteiger partial charge is 0.208 e. The van der Waals surface area contributed by atoms with Crippen molar-refractivity contribution in [3.05, 3.63) is 115 Å². The van der Waals surface area contributed by atoms with Crippen LogP contribution in [0.2, 0.25) is 0 Å². The number of halogens is 1. The third kappa shape index (κ3) is 3.96. The van der Waals surface area contributed by atoms with E-state index < -0.39 is 160 Å². The van der Waals surface area contributed by atoms with Crippen LogP contribution in [0.25, 0.3) is 45.3 Å². The SMILES string of the molecule is [2H]c1c([2H])c([2H])c(-c2nc(-c3c([2H])c([2H])c(-c4c([2H])c([2H])c([2H])c([2H])c4[2H])c([2H])c3[2H])nc(-c3c([2H])c([2H])c([2H])c([2H])c3F)n2)c([2H])c1[2H]. The first-order valence-electron chi connectivity index (χ1n) is 17.5. The molecule has 3 nitrogen and oxygen atoms in total. The average Bonchev–Trinajstić information content (AvgIpc) is 3.07. The number of nitrogens with zero attached hydrogens (tertiary/aromatic N) is 3. The quantitative estimate of drug-likeness (QED) is 0.325. The van der Waals surface area contributed by atoms with Crippen LogP contribution in [-0.2, 0) is 0 Å². The highest BCUT2D eigenvalue weighted by Gasteiger charge is 2.14. The van der Waals surface area contributed by atoms with Crippen molar-refractivity contribution in [1.29, 1.82) is 0 Å². The molecule has 0 bridgehead atoms. The van der Waals surface area contributed by atoms with E-state index in [0.717, 1.165) is 0 Å². The maximum atomic E-state index is 15.5. The van der Waals surface area contributed by atoms with Gasteiger partial charge in [0.25, 0.3) is 0 Å². The molecule has 0 unspecified atom stereocenters. The minimum absolute atomic E-state index is 0.645. The predicted molar refractivity (Wildman–Crippen MR) is 122 cm³/mol. The third-order valence-corrected chi connectivity index (χ3v) is 3.82. The van der Waals surface area contributed by atoms with Gasteiger partial charge in [0.1, 0.15) is 5.82 Å². The molecule has 148 valence electrons. The number of aromatic nitrogens is 3. The van der Waals surface area contributed by atoms with E-state index in [-0.39, 0.29) is 0 Å². The predicted octanol–water partition coefficient (Wildman–Crippen LogP) is 6.68. The molecular weight excluding hydrogens is 385 g/mol. The molecule has 0 saturated carbocycles. The van der Waals surface area contributed by atoms with Crippen molar-refractivity contribution < 1.29 is 29.1 Å². The van der Waals surface area contributed by atoms with E-state index >= 15 is 4.39 Å². The van der Waals surface area contributed by atoms with Gasteiger partial charge >= 0.3 is 0 Å². The number of hydrogen-bond donors (Lipinski definition) is 0. The van der Waals surface area contributed by atoms with Crippen molar-refractivity contribution in [2.45, 2.75) is 0 Å². The second-order valence-corrected chi connectivity index (χ2v) is 5.75. The summed E-state index contributed by atoms with van der Waals surface area (Å²) in [6.45, 7) is 0. The van der Waals surface area contributed by atoms with E-state index in [4.69, 9.17) is 24.7 Å². The maximum Gasteiger partial charge on any atom is 0.167 e. The highest BCUT2D eigenvalue weighted by molar-refractivity contribution is 5.70. The molecule has 1 heterocycles. The van der Waals surface area contributed by atoms with Gasteiger partial charge in [-0.25, -0.2) is 19.3 Å². The van der Waals surface area contributed by atoms with Crippen molar-refractivity contribution in [3.63, 3.8) is 0 Å². The second-order valence-electron chi connectivity index (χ2n) is 5.75. The zero-order chi connectivity index (χ0) is 36.7. The lowest BCUT2D eigenvalue weighted by Gasteiger charge is -2.09. The minimum atomic E-state index is -1.55. The van der Waals surface area contributed by atoms with Crippen LogP contribution in [0.15, 0.2) is 109 Å². The van der Waals surface area contributed by atoms with Crippen LogP contribution in [0.1, 0.15) is 24.7 Å². The van der Waals surface area contributed by atoms with Crippen LogP contribution in [0, 0.1) is 5.82 Å². The summed E-state index contributed by atoms with van der Waals surface area (Å²) in [5, 5.41) is 0. The van der Waals surface area contributed by atoms with Crippen LogP contribution in [0.4, 0.5) is 4.39 Å². The van der Waals surface area contributed by atoms with Crippen molar-refractivity contribution in [2.75, 3.05) is 0 Å². The fourth-order valence-corrected chi connectivity index (χ4v) is 2.45. The zero-order valence-electron chi connectivity index (χ0n) is 33.2. The van der Waals surface area contributed by atoms with Gasteiger partial charge in [-0.3, -0.25) is 0 Å². The Hall–Kier alpha value is -4.18. The Morgan fingerprint density at radius 2 is 0.871 bits per heavy atom. The van der Waals surface area contributed by atoms with Gasteiger partial charge in [0.05, 0.1) is 30.2 Å². The van der Waals surface area contributed by atoms with Crippen molar-refractivity contribution in [3.8, 4) is 45.3 Å². The summed E-state index contributed by atoms with van der Waals surface area (Å²) in [5.74, 6) is -4.03. The van der Waals surface area contributed by atoms with Crippen LogP contribution < -0.4 is 0 Å². The molecule has 1 aromatic heterocycles. The summed E-state index contributed by atoms with van der Waals surface area (Å²) in [6.07, 6.45) is 0. The lowest BCUT2D eigenvalue weighted by Crippen LogP contribution is -2.01. The fourth-order valence-electron chi connectivity index (χ4n) is 2.45. The Morgan fingerprint density at radius 1 is 0.452 bits per heavy atom. The van der Waals surface area contributed by atoms with Gasteiger partial charge in [-0.2, -0.15) is 0 Å². The Kier molecular flexibility index (Phi) is 2.00. The standard InChI is InChI=1S/C27H18FN3/c28-24-14-8-7-13-23(24)27-30-25(21-11-5-2-6-12-21)29-26(31-27)22-17-15-20(16-18-22)19-9-3-1-4-10-19/h1-18H/i1D,2D,3D,4D,5D,6D,7D,8D,9D,10D,11D,12D,13D,14D,15D,16D,17D,18D. The van der Waals surface area contributed by atoms with Crippen LogP contribution in [-0.4, -0.2) is 15.0 Å². The first-order chi connectivity index (χ1) is 22.8. The topological polar surface area (TPSA) is 38.7 Å². The van der Waals surface area contributed by atoms with Crippen molar-refractivity contribution >= 4 is 0 Å². The first kappa shape index (κ1) is 7.50. The molecule has 4 aromatic carbocycles. The van der Waals surface area contributed by atoms with Gasteiger partial charge < -0.3 is 0 Å². The molecule has 0 fully saturated rings. The highest BCUT2D eigenvalue weighted by Crippen LogP contribution is 2.27. The molecule has 4 heteroatoms. The van der Waals surface area contributed by atoms with Gasteiger partial charge in [-0.05, 0) is 23.2 Å². The summed E-state index contributed by atoms with van der Waals surface area (Å²) >= 11 is 0. The molecule has 0 aliphatic rings. The average molecular weight is 422 g/mol. The molecule has 0 aliphatic carbocycles. The van der Waals surface area contributed by atoms with E-state index in [1.165, 1.54) is 0 Å². The summed E-state index contributed by atoms with van der Waals surface area (Å²) in [6, 6.07) is -15.9. The van der Waals surface area contributed by atoms with Gasteiger partial charge in [0.2, 0.25) is 0 Å². The molecule has 5 rings (SSSR count). The van der Waals surface area contributed by atoms with Crippen molar-refractivity contribution in [1.82, 2.24) is 15.0 Å². The number of benzene rings is 4. The minimum Gasteiger partial charge on any atom is -0.208 e. The molecule has 0 N–H and O–H groups in total. The molecule has 0 spiro atoms. The second kappa shape index (κ2) is 8.28. The van der Waals surface area contributed by atoms with Crippen LogP contribution in [0.3, 0.4) is 0 Å². The highest BCUT2D eigenvalue weighted by atomic mass is 19.1. The van der Waals surface area contributed by atoms with E-state index in [9.17, 15) is 0 Å². The molecule has 0 aliphatic heterocycles. The van der Waals surface area contributed by atoms with E-state index in [0.29, 0.717) is 0 Å². The summed E-state index contributed by atoms with van der Waals surface area (Å²) in [4.78, 5) is 12.1. The van der Waals surface area contributed by atoms with Gasteiger partial charge in [0, 0.05) is 11.1 Å². The lowest BCUT2D eigenvalue weighted by atomic mass is 10.0. The summed E-state index contributed by atoms with van der Waals surface area (Å²) in [7, 11) is 0. The zero-order valence-corrected chi connectivity index (χ0v) is 15.2. The lowest BCUT2D eigenvalue weighted by molar-refractivity contribution is 0.630. The van der Waals surface area contributed by atoms with E-state index in [1.54, 1.807) is 0 Å². The third-order valence-electron chi connectivity index (χ3n) is 3.82. The molecule has 0 amide bonds. The maximum absolute atomic E-state index is 15.5. The Morgan fingerprint density at radius 3 is 1.52 bits per heavy atom. The van der Waals surface area contributed by atoms with Gasteiger partial charge in [-0.15, -0.1) is 0 Å². The fraction of sp³-hybridized carbons (Fsp3) is 0. The Balaban J connectivity index is 1.94. The van der Waals surface area contributed by atoms with E-state index in [2.05, 4.69) is 15.0 Å².